The molecule has 0 aromatic carbocycles. The van der Waals surface area contributed by atoms with E-state index in [-0.39, 0.29) is 66.2 Å². The first kappa shape index (κ1) is 48.4. The molecule has 1 spiro atoms. The topological polar surface area (TPSA) is 170 Å². The number of rotatable bonds is 16. The number of ether oxygens (including phenoxy) is 10. The number of hydrogen-bond donors (Lipinski definition) is 3. The van der Waals surface area contributed by atoms with Gasteiger partial charge in [0.2, 0.25) is 0 Å². The molecule has 6 heterocycles. The lowest BCUT2D eigenvalue weighted by Crippen LogP contribution is -2.58. The maximum Gasteiger partial charge on any atom is 0.309 e. The number of carbonyl (C=O) groups is 1. The minimum absolute atomic E-state index is 0.00790. The first-order valence-electron chi connectivity index (χ1n) is 23.2. The molecule has 14 heteroatoms. The zero-order valence-electron chi connectivity index (χ0n) is 38.6. The predicted molar refractivity (Wildman–Crippen MR) is 221 cm³/mol. The van der Waals surface area contributed by atoms with Crippen molar-refractivity contribution in [3.63, 3.8) is 0 Å². The van der Waals surface area contributed by atoms with E-state index in [9.17, 15) is 20.1 Å². The highest BCUT2D eigenvalue weighted by Crippen LogP contribution is 2.56. The van der Waals surface area contributed by atoms with Crippen molar-refractivity contribution < 1.29 is 67.5 Å². The molecule has 6 unspecified atom stereocenters. The SMILES string of the molecule is CCC[C@@]1([C@@H]2O[C@@H]([C@H]3O[C@@](O)(CO)[C@H](C)C[C@@H]3C)C[C@@H]2C)C[C@@H](OC2CCC(OC)C(C)O2)[C@H]([C@]2(C)CCC3(C[C@H](OC)[C@@H](C)C(C(C)[C@@H](OC)[C@H](CC)C(=O)O)O3)O2)O1. The van der Waals surface area contributed by atoms with Crippen LogP contribution in [-0.4, -0.2) is 139 Å². The van der Waals surface area contributed by atoms with Crippen molar-refractivity contribution in [2.24, 2.45) is 35.5 Å². The Balaban J connectivity index is 1.30. The van der Waals surface area contributed by atoms with Crippen LogP contribution in [0.5, 0.6) is 0 Å². The van der Waals surface area contributed by atoms with E-state index in [1.165, 1.54) is 0 Å². The van der Waals surface area contributed by atoms with Gasteiger partial charge in [0.25, 0.3) is 0 Å². The van der Waals surface area contributed by atoms with E-state index in [4.69, 9.17) is 47.4 Å². The van der Waals surface area contributed by atoms with Crippen LogP contribution in [0.15, 0.2) is 0 Å². The molecule has 6 aliphatic heterocycles. The number of methoxy groups -OCH3 is 3. The van der Waals surface area contributed by atoms with E-state index in [0.717, 1.165) is 25.7 Å². The molecule has 6 fully saturated rings. The maximum absolute atomic E-state index is 12.4. The standard InChI is InChI=1S/C46H80O14/c1-13-17-44(40-26(4)21-33(56-40)37-25(3)20-27(5)46(50,24-47)58-37)22-35(55-36-16-15-32(51-10)30(8)54-36)41(59-44)43(9)18-19-45(60-43)23-34(52-11)28(6)38(57-45)29(7)39(53-12)31(14-2)42(48)49/h25-41,47,50H,13-24H2,1-12H3,(H,48,49)/t25-,26-,27+,28+,29?,30?,31-,32?,33+,34-,35+,36?,37-,38?,39+,40+,41+,43-,44-,45?,46-/m0/s1. The lowest BCUT2D eigenvalue weighted by molar-refractivity contribution is -0.342. The average molecular weight is 857 g/mol. The molecule has 60 heavy (non-hydrogen) atoms. The zero-order chi connectivity index (χ0) is 43.9. The zero-order valence-corrected chi connectivity index (χ0v) is 38.6. The van der Waals surface area contributed by atoms with Gasteiger partial charge in [-0.3, -0.25) is 4.79 Å². The van der Waals surface area contributed by atoms with E-state index in [0.29, 0.717) is 44.9 Å². The van der Waals surface area contributed by atoms with Crippen LogP contribution in [0.4, 0.5) is 0 Å². The summed E-state index contributed by atoms with van der Waals surface area (Å²) in [6, 6.07) is 0. The van der Waals surface area contributed by atoms with E-state index in [1.807, 2.05) is 27.7 Å². The van der Waals surface area contributed by atoms with Gasteiger partial charge in [-0.05, 0) is 64.2 Å². The van der Waals surface area contributed by atoms with Gasteiger partial charge in [-0.1, -0.05) is 54.9 Å². The minimum Gasteiger partial charge on any atom is -0.481 e. The summed E-state index contributed by atoms with van der Waals surface area (Å²) in [4.78, 5) is 12.4. The largest absolute Gasteiger partial charge is 0.481 e. The van der Waals surface area contributed by atoms with Crippen molar-refractivity contribution in [3.8, 4) is 0 Å². The number of carboxylic acid groups (broad SMARTS) is 1. The monoisotopic (exact) mass is 857 g/mol. The third-order valence-corrected chi connectivity index (χ3v) is 15.8. The van der Waals surface area contributed by atoms with Crippen molar-refractivity contribution in [2.75, 3.05) is 27.9 Å². The molecule has 348 valence electrons. The summed E-state index contributed by atoms with van der Waals surface area (Å²) in [6.45, 7) is 18.1. The molecule has 0 aromatic rings. The molecule has 0 saturated carbocycles. The summed E-state index contributed by atoms with van der Waals surface area (Å²) in [6.07, 6.45) is 3.64. The lowest BCUT2D eigenvalue weighted by Gasteiger charge is -2.50. The normalized spacial score (nSPS) is 49.0. The molecule has 0 radical (unpaired) electrons. The fraction of sp³-hybridized carbons (Fsp3) is 0.978. The van der Waals surface area contributed by atoms with Gasteiger partial charge in [0, 0.05) is 64.8 Å². The third kappa shape index (κ3) is 9.25. The number of aliphatic hydroxyl groups excluding tert-OH is 1. The number of carboxylic acids is 1. The van der Waals surface area contributed by atoms with Gasteiger partial charge in [-0.15, -0.1) is 0 Å². The second-order valence-electron chi connectivity index (χ2n) is 20.0. The third-order valence-electron chi connectivity index (χ3n) is 15.8. The van der Waals surface area contributed by atoms with Gasteiger partial charge >= 0.3 is 5.97 Å². The van der Waals surface area contributed by atoms with Crippen molar-refractivity contribution in [2.45, 2.75) is 223 Å². The fourth-order valence-electron chi connectivity index (χ4n) is 12.5. The van der Waals surface area contributed by atoms with E-state index in [2.05, 4.69) is 34.6 Å². The van der Waals surface area contributed by atoms with Crippen LogP contribution < -0.4 is 0 Å². The van der Waals surface area contributed by atoms with Gasteiger partial charge in [0.05, 0.1) is 78.7 Å². The van der Waals surface area contributed by atoms with Crippen LogP contribution in [0.3, 0.4) is 0 Å². The van der Waals surface area contributed by atoms with E-state index in [1.54, 1.807) is 21.3 Å². The summed E-state index contributed by atoms with van der Waals surface area (Å²) >= 11 is 0. The fourth-order valence-corrected chi connectivity index (χ4v) is 12.5. The Kier molecular flexibility index (Phi) is 15.5. The first-order valence-corrected chi connectivity index (χ1v) is 23.2. The molecule has 0 amide bonds. The van der Waals surface area contributed by atoms with Crippen molar-refractivity contribution in [1.29, 1.82) is 0 Å². The number of hydrogen-bond acceptors (Lipinski definition) is 13. The average Bonchev–Trinajstić information content (AvgIpc) is 3.89. The van der Waals surface area contributed by atoms with Crippen LogP contribution in [0.2, 0.25) is 0 Å². The van der Waals surface area contributed by atoms with Crippen molar-refractivity contribution in [3.05, 3.63) is 0 Å². The first-order chi connectivity index (χ1) is 28.4. The summed E-state index contributed by atoms with van der Waals surface area (Å²) in [5.41, 5.74) is -1.56. The van der Waals surface area contributed by atoms with Crippen LogP contribution >= 0.6 is 0 Å². The van der Waals surface area contributed by atoms with E-state index >= 15 is 0 Å². The Bertz CT molecular complexity index is 1420. The Morgan fingerprint density at radius 3 is 2.18 bits per heavy atom. The molecular formula is C46H80O14. The molecule has 6 saturated heterocycles. The summed E-state index contributed by atoms with van der Waals surface area (Å²) < 4.78 is 66.7. The maximum atomic E-state index is 12.4. The number of aliphatic carboxylic acids is 1. The summed E-state index contributed by atoms with van der Waals surface area (Å²) in [7, 11) is 5.02. The quantitative estimate of drug-likeness (QED) is 0.159. The molecule has 14 nitrogen and oxygen atoms in total. The van der Waals surface area contributed by atoms with Gasteiger partial charge in [0.1, 0.15) is 6.10 Å². The molecular weight excluding hydrogens is 776 g/mol. The predicted octanol–water partition coefficient (Wildman–Crippen LogP) is 6.24. The highest BCUT2D eigenvalue weighted by Gasteiger charge is 2.65. The Morgan fingerprint density at radius 1 is 0.867 bits per heavy atom. The summed E-state index contributed by atoms with van der Waals surface area (Å²) in [5.74, 6) is -4.49. The van der Waals surface area contributed by atoms with Crippen LogP contribution in [-0.2, 0) is 52.2 Å². The van der Waals surface area contributed by atoms with Gasteiger partial charge in [-0.25, -0.2) is 0 Å². The van der Waals surface area contributed by atoms with Crippen molar-refractivity contribution >= 4 is 5.97 Å². The molecule has 21 atom stereocenters. The Labute approximate surface area is 359 Å². The highest BCUT2D eigenvalue weighted by atomic mass is 16.7. The van der Waals surface area contributed by atoms with Gasteiger partial charge in [0.15, 0.2) is 17.9 Å². The number of aliphatic hydroxyl groups is 2. The highest BCUT2D eigenvalue weighted by molar-refractivity contribution is 5.70. The lowest BCUT2D eigenvalue weighted by atomic mass is 9.77. The molecule has 6 rings (SSSR count). The van der Waals surface area contributed by atoms with Crippen LogP contribution in [0.1, 0.15) is 133 Å². The smallest absolute Gasteiger partial charge is 0.309 e. The van der Waals surface area contributed by atoms with Crippen LogP contribution in [0, 0.1) is 35.5 Å². The summed E-state index contributed by atoms with van der Waals surface area (Å²) in [5, 5.41) is 31.5. The molecule has 3 N–H and O–H groups in total. The Hall–Kier alpha value is -1.01. The van der Waals surface area contributed by atoms with E-state index < -0.39 is 72.0 Å². The van der Waals surface area contributed by atoms with Gasteiger partial charge in [-0.2, -0.15) is 0 Å². The van der Waals surface area contributed by atoms with Crippen molar-refractivity contribution in [1.82, 2.24) is 0 Å². The second kappa shape index (κ2) is 19.2. The van der Waals surface area contributed by atoms with Gasteiger partial charge < -0.3 is 62.7 Å². The van der Waals surface area contributed by atoms with Crippen LogP contribution in [0.25, 0.3) is 0 Å². The molecule has 0 bridgehead atoms. The molecule has 0 aromatic heterocycles. The second-order valence-corrected chi connectivity index (χ2v) is 20.0. The molecule has 0 aliphatic carbocycles. The Morgan fingerprint density at radius 2 is 1.58 bits per heavy atom. The molecule has 6 aliphatic rings. The minimum atomic E-state index is -1.61.